The van der Waals surface area contributed by atoms with Gasteiger partial charge in [0.25, 0.3) is 0 Å². The van der Waals surface area contributed by atoms with Crippen LogP contribution in [0, 0.1) is 12.3 Å². The van der Waals surface area contributed by atoms with Gasteiger partial charge in [-0.2, -0.15) is 0 Å². The minimum atomic E-state index is 0.483. The molecule has 0 saturated heterocycles. The van der Waals surface area contributed by atoms with Crippen molar-refractivity contribution in [2.45, 2.75) is 6.54 Å². The van der Waals surface area contributed by atoms with E-state index in [2.05, 4.69) is 10.9 Å². The van der Waals surface area contributed by atoms with Gasteiger partial charge in [0.2, 0.25) is 0 Å². The average Bonchev–Trinajstić information content (AvgIpc) is 2.97. The Balaban J connectivity index is 2.31. The highest BCUT2D eigenvalue weighted by atomic mass is 16.3. The predicted octanol–water partition coefficient (Wildman–Crippen LogP) is 2.93. The van der Waals surface area contributed by atoms with Crippen LogP contribution < -0.4 is 0 Å². The number of nitrogens with zero attached hydrogens (tertiary/aromatic N) is 2. The summed E-state index contributed by atoms with van der Waals surface area (Å²) in [4.78, 5) is 4.55. The molecule has 0 saturated carbocycles. The lowest BCUT2D eigenvalue weighted by Gasteiger charge is -2.02. The van der Waals surface area contributed by atoms with Crippen LogP contribution in [0.3, 0.4) is 0 Å². The Morgan fingerprint density at radius 1 is 1.24 bits per heavy atom. The zero-order valence-electron chi connectivity index (χ0n) is 9.13. The molecule has 0 radical (unpaired) electrons. The number of para-hydroxylation sites is 2. The molecule has 3 aromatic rings. The van der Waals surface area contributed by atoms with Crippen LogP contribution >= 0.6 is 0 Å². The second-order valence-electron chi connectivity index (χ2n) is 3.69. The zero-order valence-corrected chi connectivity index (χ0v) is 9.13. The van der Waals surface area contributed by atoms with E-state index in [4.69, 9.17) is 10.8 Å². The molecule has 3 nitrogen and oxygen atoms in total. The number of terminal acetylenes is 1. The van der Waals surface area contributed by atoms with E-state index in [1.54, 1.807) is 6.26 Å². The van der Waals surface area contributed by atoms with Gasteiger partial charge in [-0.05, 0) is 24.3 Å². The largest absolute Gasteiger partial charge is 0.461 e. The molecule has 0 aliphatic heterocycles. The van der Waals surface area contributed by atoms with E-state index < -0.39 is 0 Å². The van der Waals surface area contributed by atoms with Gasteiger partial charge in [0.1, 0.15) is 0 Å². The first-order chi connectivity index (χ1) is 8.40. The van der Waals surface area contributed by atoms with E-state index in [1.165, 1.54) is 0 Å². The van der Waals surface area contributed by atoms with E-state index in [1.807, 2.05) is 41.0 Å². The fourth-order valence-corrected chi connectivity index (χ4v) is 1.92. The number of imidazole rings is 1. The van der Waals surface area contributed by atoms with Gasteiger partial charge in [0.05, 0.1) is 23.8 Å². The summed E-state index contributed by atoms with van der Waals surface area (Å²) in [7, 11) is 0. The maximum atomic E-state index is 5.40. The molecule has 82 valence electrons. The molecule has 3 heteroatoms. The Morgan fingerprint density at radius 2 is 2.12 bits per heavy atom. The van der Waals surface area contributed by atoms with Gasteiger partial charge >= 0.3 is 0 Å². The second kappa shape index (κ2) is 3.84. The highest BCUT2D eigenvalue weighted by molar-refractivity contribution is 5.79. The summed E-state index contributed by atoms with van der Waals surface area (Å²) in [6.45, 7) is 0.483. The lowest BCUT2D eigenvalue weighted by atomic mass is 10.3. The Morgan fingerprint density at radius 3 is 2.88 bits per heavy atom. The molecule has 0 spiro atoms. The van der Waals surface area contributed by atoms with E-state index in [0.717, 1.165) is 22.6 Å². The number of hydrogen-bond donors (Lipinski definition) is 0. The van der Waals surface area contributed by atoms with Gasteiger partial charge in [-0.15, -0.1) is 6.42 Å². The van der Waals surface area contributed by atoms with Gasteiger partial charge in [0.15, 0.2) is 11.6 Å². The molecule has 0 bridgehead atoms. The number of furan rings is 1. The smallest absolute Gasteiger partial charge is 0.178 e. The van der Waals surface area contributed by atoms with Crippen LogP contribution in [0.25, 0.3) is 22.6 Å². The summed E-state index contributed by atoms with van der Waals surface area (Å²) in [6.07, 6.45) is 7.04. The number of aromatic nitrogens is 2. The van der Waals surface area contributed by atoms with Gasteiger partial charge in [0, 0.05) is 0 Å². The van der Waals surface area contributed by atoms with Crippen molar-refractivity contribution in [1.29, 1.82) is 0 Å². The maximum Gasteiger partial charge on any atom is 0.178 e. The highest BCUT2D eigenvalue weighted by Gasteiger charge is 2.13. The first-order valence-electron chi connectivity index (χ1n) is 5.33. The minimum Gasteiger partial charge on any atom is -0.461 e. The van der Waals surface area contributed by atoms with Crippen LogP contribution in [0.2, 0.25) is 0 Å². The maximum absolute atomic E-state index is 5.40. The minimum absolute atomic E-state index is 0.483. The summed E-state index contributed by atoms with van der Waals surface area (Å²) in [5.74, 6) is 4.15. The quantitative estimate of drug-likeness (QED) is 0.624. The molecule has 2 aromatic heterocycles. The summed E-state index contributed by atoms with van der Waals surface area (Å²) in [5.41, 5.74) is 1.95. The molecular formula is C14H10N2O. The zero-order chi connectivity index (χ0) is 11.7. The van der Waals surface area contributed by atoms with Crippen molar-refractivity contribution in [2.75, 3.05) is 0 Å². The van der Waals surface area contributed by atoms with Gasteiger partial charge in [-0.25, -0.2) is 4.98 Å². The average molecular weight is 222 g/mol. The van der Waals surface area contributed by atoms with Crippen molar-refractivity contribution >= 4 is 11.0 Å². The van der Waals surface area contributed by atoms with Crippen molar-refractivity contribution in [3.63, 3.8) is 0 Å². The van der Waals surface area contributed by atoms with Crippen molar-refractivity contribution in [3.05, 3.63) is 42.7 Å². The van der Waals surface area contributed by atoms with E-state index in [-0.39, 0.29) is 0 Å². The standard InChI is InChI=1S/C14H10N2O/c1-2-9-16-12-7-4-3-6-11(12)15-14(16)13-8-5-10-17-13/h1,3-8,10H,9H2. The molecular weight excluding hydrogens is 212 g/mol. The fourth-order valence-electron chi connectivity index (χ4n) is 1.92. The molecule has 0 unspecified atom stereocenters. The number of rotatable bonds is 2. The summed E-state index contributed by atoms with van der Waals surface area (Å²) in [6, 6.07) is 11.6. The van der Waals surface area contributed by atoms with Crippen LogP contribution in [-0.4, -0.2) is 9.55 Å². The topological polar surface area (TPSA) is 31.0 Å². The number of hydrogen-bond acceptors (Lipinski definition) is 2. The molecule has 1 aromatic carbocycles. The van der Waals surface area contributed by atoms with E-state index in [9.17, 15) is 0 Å². The van der Waals surface area contributed by atoms with Crippen molar-refractivity contribution in [2.24, 2.45) is 0 Å². The van der Waals surface area contributed by atoms with Crippen LogP contribution in [0.15, 0.2) is 47.1 Å². The molecule has 2 heterocycles. The summed E-state index contributed by atoms with van der Waals surface area (Å²) >= 11 is 0. The normalized spacial score (nSPS) is 10.5. The Hall–Kier alpha value is -2.47. The van der Waals surface area contributed by atoms with Crippen LogP contribution in [0.5, 0.6) is 0 Å². The first kappa shape index (κ1) is 9.73. The molecule has 0 aliphatic rings. The lowest BCUT2D eigenvalue weighted by Crippen LogP contribution is -1.97. The third kappa shape index (κ3) is 1.51. The van der Waals surface area contributed by atoms with Crippen molar-refractivity contribution in [1.82, 2.24) is 9.55 Å². The van der Waals surface area contributed by atoms with Gasteiger partial charge in [-0.3, -0.25) is 0 Å². The Labute approximate surface area is 98.7 Å². The van der Waals surface area contributed by atoms with Crippen molar-refractivity contribution < 1.29 is 4.42 Å². The molecule has 0 N–H and O–H groups in total. The molecule has 0 fully saturated rings. The van der Waals surface area contributed by atoms with Gasteiger partial charge < -0.3 is 8.98 Å². The number of benzene rings is 1. The Kier molecular flexibility index (Phi) is 2.20. The van der Waals surface area contributed by atoms with Crippen molar-refractivity contribution in [3.8, 4) is 23.9 Å². The summed E-state index contributed by atoms with van der Waals surface area (Å²) < 4.78 is 7.36. The monoisotopic (exact) mass is 222 g/mol. The summed E-state index contributed by atoms with van der Waals surface area (Å²) in [5, 5.41) is 0. The Bertz CT molecular complexity index is 687. The third-order valence-corrected chi connectivity index (χ3v) is 2.65. The fraction of sp³-hybridized carbons (Fsp3) is 0.0714. The molecule has 3 rings (SSSR count). The number of fused-ring (bicyclic) bond motifs is 1. The molecule has 0 atom stereocenters. The molecule has 0 amide bonds. The highest BCUT2D eigenvalue weighted by Crippen LogP contribution is 2.24. The molecule has 17 heavy (non-hydrogen) atoms. The van der Waals surface area contributed by atoms with Crippen LogP contribution in [0.4, 0.5) is 0 Å². The third-order valence-electron chi connectivity index (χ3n) is 2.65. The van der Waals surface area contributed by atoms with Gasteiger partial charge in [-0.1, -0.05) is 18.1 Å². The van der Waals surface area contributed by atoms with Crippen LogP contribution in [-0.2, 0) is 6.54 Å². The van der Waals surface area contributed by atoms with E-state index >= 15 is 0 Å². The lowest BCUT2D eigenvalue weighted by molar-refractivity contribution is 0.573. The van der Waals surface area contributed by atoms with Crippen LogP contribution in [0.1, 0.15) is 0 Å². The first-order valence-corrected chi connectivity index (χ1v) is 5.33. The second-order valence-corrected chi connectivity index (χ2v) is 3.69. The molecule has 0 aliphatic carbocycles. The SMILES string of the molecule is C#CCn1c(-c2ccco2)nc2ccccc21. The van der Waals surface area contributed by atoms with E-state index in [0.29, 0.717) is 6.54 Å². The predicted molar refractivity (Wildman–Crippen MR) is 66.3 cm³/mol.